The van der Waals surface area contributed by atoms with Crippen molar-refractivity contribution in [1.82, 2.24) is 15.0 Å². The maximum Gasteiger partial charge on any atom is 0.165 e. The number of hydrogen-bond donors (Lipinski definition) is 0. The molecule has 2 saturated carbocycles. The van der Waals surface area contributed by atoms with Gasteiger partial charge in [0.1, 0.15) is 5.82 Å². The van der Waals surface area contributed by atoms with Crippen LogP contribution < -0.4 is 0 Å². The summed E-state index contributed by atoms with van der Waals surface area (Å²) in [5, 5.41) is 0. The first-order chi connectivity index (χ1) is 16.1. The third kappa shape index (κ3) is 4.48. The Morgan fingerprint density at radius 3 is 2.42 bits per heavy atom. The van der Waals surface area contributed by atoms with Crippen molar-refractivity contribution in [3.8, 4) is 11.3 Å². The number of carbonyl (C=O) groups excluding carboxylic acids is 1. The van der Waals surface area contributed by atoms with E-state index in [1.54, 1.807) is 0 Å². The molecule has 0 spiro atoms. The van der Waals surface area contributed by atoms with Gasteiger partial charge in [0.15, 0.2) is 5.78 Å². The summed E-state index contributed by atoms with van der Waals surface area (Å²) in [5.41, 5.74) is 6.85. The average molecular weight is 440 g/mol. The molecule has 3 aromatic rings. The van der Waals surface area contributed by atoms with E-state index in [0.29, 0.717) is 12.2 Å². The van der Waals surface area contributed by atoms with Crippen LogP contribution in [0.4, 0.5) is 0 Å². The van der Waals surface area contributed by atoms with E-state index in [-0.39, 0.29) is 11.3 Å². The molecule has 33 heavy (non-hydrogen) atoms. The number of ketones is 1. The van der Waals surface area contributed by atoms with Gasteiger partial charge in [-0.3, -0.25) is 9.78 Å². The van der Waals surface area contributed by atoms with Crippen molar-refractivity contribution in [2.75, 3.05) is 0 Å². The highest BCUT2D eigenvalue weighted by Gasteiger charge is 2.43. The van der Waals surface area contributed by atoms with E-state index >= 15 is 0 Å². The molecule has 2 aliphatic rings. The van der Waals surface area contributed by atoms with Crippen molar-refractivity contribution in [3.05, 3.63) is 77.0 Å². The minimum Gasteiger partial charge on any atom is -0.294 e. The van der Waals surface area contributed by atoms with Gasteiger partial charge in [-0.2, -0.15) is 0 Å². The molecule has 170 valence electrons. The van der Waals surface area contributed by atoms with Crippen LogP contribution in [-0.4, -0.2) is 20.7 Å². The van der Waals surface area contributed by atoms with Gasteiger partial charge in [0, 0.05) is 42.1 Å². The van der Waals surface area contributed by atoms with E-state index in [9.17, 15) is 4.79 Å². The number of Topliss-reactive ketones (excluding diaryl/α,β-unsaturated/α-hetero) is 1. The molecule has 4 nitrogen and oxygen atoms in total. The summed E-state index contributed by atoms with van der Waals surface area (Å²) < 4.78 is 0. The predicted molar refractivity (Wildman–Crippen MR) is 131 cm³/mol. The van der Waals surface area contributed by atoms with E-state index < -0.39 is 0 Å². The molecule has 0 atom stereocenters. The van der Waals surface area contributed by atoms with Gasteiger partial charge < -0.3 is 0 Å². The number of pyridine rings is 1. The van der Waals surface area contributed by atoms with Gasteiger partial charge in [0.05, 0.1) is 5.69 Å². The van der Waals surface area contributed by atoms with E-state index in [2.05, 4.69) is 43.1 Å². The molecule has 0 bridgehead atoms. The lowest BCUT2D eigenvalue weighted by Crippen LogP contribution is -2.15. The zero-order valence-corrected chi connectivity index (χ0v) is 19.8. The van der Waals surface area contributed by atoms with Gasteiger partial charge in [0.2, 0.25) is 0 Å². The minimum atomic E-state index is 0.201. The van der Waals surface area contributed by atoms with Crippen molar-refractivity contribution in [3.63, 3.8) is 0 Å². The molecule has 2 aromatic heterocycles. The highest BCUT2D eigenvalue weighted by Crippen LogP contribution is 2.52. The molecule has 0 saturated heterocycles. The number of carbonyl (C=O) groups is 1. The van der Waals surface area contributed by atoms with Crippen molar-refractivity contribution >= 4 is 5.78 Å². The lowest BCUT2D eigenvalue weighted by atomic mass is 9.85. The molecule has 0 amide bonds. The number of aryl methyl sites for hydroxylation is 1. The van der Waals surface area contributed by atoms with Crippen LogP contribution in [0.25, 0.3) is 11.3 Å². The molecule has 0 N–H and O–H groups in total. The molecule has 1 aromatic carbocycles. The van der Waals surface area contributed by atoms with Gasteiger partial charge in [0.25, 0.3) is 0 Å². The summed E-state index contributed by atoms with van der Waals surface area (Å²) in [6.07, 6.45) is 15.3. The second-order valence-corrected chi connectivity index (χ2v) is 9.82. The van der Waals surface area contributed by atoms with Crippen LogP contribution in [0.5, 0.6) is 0 Å². The number of rotatable bonds is 8. The van der Waals surface area contributed by atoms with Crippen LogP contribution in [0.3, 0.4) is 0 Å². The molecule has 0 radical (unpaired) electrons. The predicted octanol–water partition coefficient (Wildman–Crippen LogP) is 6.51. The summed E-state index contributed by atoms with van der Waals surface area (Å²) in [4.78, 5) is 27.0. The van der Waals surface area contributed by atoms with Crippen LogP contribution in [-0.2, 0) is 18.3 Å². The monoisotopic (exact) mass is 439 g/mol. The molecule has 0 unspecified atom stereocenters. The lowest BCUT2D eigenvalue weighted by molar-refractivity contribution is 0.0922. The zero-order chi connectivity index (χ0) is 22.8. The maximum atomic E-state index is 13.1. The SMILES string of the molecule is CCc1ccnc(-c2cnc(Cc3cc(C(=O)C4CCCC4)ccc3C3(CC)CC3)nc2)c1. The fourth-order valence-corrected chi connectivity index (χ4v) is 5.40. The Morgan fingerprint density at radius 2 is 1.76 bits per heavy atom. The standard InChI is InChI=1S/C29H33N3O/c1-3-20-11-14-30-26(15-20)24-18-31-27(32-19-24)17-23-16-22(28(33)21-7-5-6-8-21)9-10-25(23)29(4-2)12-13-29/h9-11,14-16,18-19,21H,3-8,12-13,17H2,1-2H3. The maximum absolute atomic E-state index is 13.1. The van der Waals surface area contributed by atoms with Gasteiger partial charge in [-0.1, -0.05) is 38.8 Å². The summed E-state index contributed by atoms with van der Waals surface area (Å²) in [5.74, 6) is 1.32. The van der Waals surface area contributed by atoms with Gasteiger partial charge in [-0.05, 0) is 78.8 Å². The second kappa shape index (κ2) is 9.17. The Balaban J connectivity index is 1.43. The van der Waals surface area contributed by atoms with Crippen molar-refractivity contribution in [2.45, 2.75) is 77.0 Å². The normalized spacial score (nSPS) is 17.3. The van der Waals surface area contributed by atoms with Gasteiger partial charge >= 0.3 is 0 Å². The largest absolute Gasteiger partial charge is 0.294 e. The topological polar surface area (TPSA) is 55.7 Å². The molecular weight excluding hydrogens is 406 g/mol. The van der Waals surface area contributed by atoms with Crippen molar-refractivity contribution < 1.29 is 4.79 Å². The summed E-state index contributed by atoms with van der Waals surface area (Å²) in [7, 11) is 0. The van der Waals surface area contributed by atoms with Crippen LogP contribution in [0.15, 0.2) is 48.9 Å². The molecule has 2 aliphatic carbocycles. The highest BCUT2D eigenvalue weighted by atomic mass is 16.1. The van der Waals surface area contributed by atoms with Gasteiger partial charge in [-0.25, -0.2) is 9.97 Å². The van der Waals surface area contributed by atoms with Crippen LogP contribution in [0.2, 0.25) is 0 Å². The molecule has 4 heteroatoms. The quantitative estimate of drug-likeness (QED) is 0.376. The highest BCUT2D eigenvalue weighted by molar-refractivity contribution is 5.98. The van der Waals surface area contributed by atoms with E-state index in [1.165, 1.54) is 42.4 Å². The molecule has 2 fully saturated rings. The second-order valence-electron chi connectivity index (χ2n) is 9.82. The molecular formula is C29H33N3O. The number of nitrogens with zero attached hydrogens (tertiary/aromatic N) is 3. The zero-order valence-electron chi connectivity index (χ0n) is 19.8. The third-order valence-electron chi connectivity index (χ3n) is 7.80. The van der Waals surface area contributed by atoms with E-state index in [4.69, 9.17) is 9.97 Å². The average Bonchev–Trinajstić information content (AvgIpc) is 3.47. The van der Waals surface area contributed by atoms with E-state index in [0.717, 1.165) is 48.3 Å². The first kappa shape index (κ1) is 21.9. The first-order valence-corrected chi connectivity index (χ1v) is 12.6. The summed E-state index contributed by atoms with van der Waals surface area (Å²) in [6, 6.07) is 10.6. The number of benzene rings is 1. The van der Waals surface area contributed by atoms with Crippen LogP contribution in [0, 0.1) is 5.92 Å². The Kier molecular flexibility index (Phi) is 6.09. The molecule has 2 heterocycles. The summed E-state index contributed by atoms with van der Waals surface area (Å²) in [6.45, 7) is 4.42. The van der Waals surface area contributed by atoms with E-state index in [1.807, 2.05) is 24.7 Å². The molecule has 0 aliphatic heterocycles. The van der Waals surface area contributed by atoms with Crippen molar-refractivity contribution in [2.24, 2.45) is 5.92 Å². The smallest absolute Gasteiger partial charge is 0.165 e. The van der Waals surface area contributed by atoms with Crippen molar-refractivity contribution in [1.29, 1.82) is 0 Å². The third-order valence-corrected chi connectivity index (χ3v) is 7.80. The Labute approximate surface area is 196 Å². The van der Waals surface area contributed by atoms with Gasteiger partial charge in [-0.15, -0.1) is 0 Å². The Morgan fingerprint density at radius 1 is 1.00 bits per heavy atom. The molecule has 5 rings (SSSR count). The van der Waals surface area contributed by atoms with Crippen LogP contribution in [0.1, 0.15) is 91.7 Å². The summed E-state index contributed by atoms with van der Waals surface area (Å²) >= 11 is 0. The Hall–Kier alpha value is -2.88. The minimum absolute atomic E-state index is 0.201. The number of hydrogen-bond acceptors (Lipinski definition) is 4. The lowest BCUT2D eigenvalue weighted by Gasteiger charge is -2.19. The van der Waals surface area contributed by atoms with Crippen LogP contribution >= 0.6 is 0 Å². The fourth-order valence-electron chi connectivity index (χ4n) is 5.40. The number of aromatic nitrogens is 3. The Bertz CT molecular complexity index is 1140. The first-order valence-electron chi connectivity index (χ1n) is 12.6. The fraction of sp³-hybridized carbons (Fsp3) is 0.448.